The molecule has 1 radical (unpaired) electrons. The molecule has 0 aliphatic heterocycles. The number of benzene rings is 2. The monoisotopic (exact) mass is 402 g/mol. The summed E-state index contributed by atoms with van der Waals surface area (Å²) in [6.45, 7) is 2.31. The number of aryl methyl sites for hydroxylation is 1. The van der Waals surface area contributed by atoms with Gasteiger partial charge in [0.2, 0.25) is 0 Å². The van der Waals surface area contributed by atoms with E-state index in [0.717, 1.165) is 24.3 Å². The van der Waals surface area contributed by atoms with Crippen molar-refractivity contribution >= 4 is 0 Å². The van der Waals surface area contributed by atoms with Gasteiger partial charge in [0, 0.05) is 38.3 Å². The average molecular weight is 402 g/mol. The summed E-state index contributed by atoms with van der Waals surface area (Å²) >= 11 is 0. The van der Waals surface area contributed by atoms with Crippen LogP contribution in [0.4, 0.5) is 8.78 Å². The van der Waals surface area contributed by atoms with E-state index in [-0.39, 0.29) is 38.3 Å². The second-order valence-corrected chi connectivity index (χ2v) is 6.89. The molecule has 1 aliphatic rings. The van der Waals surface area contributed by atoms with E-state index in [1.807, 2.05) is 0 Å². The van der Waals surface area contributed by atoms with Crippen LogP contribution in [-0.4, -0.2) is 0 Å². The van der Waals surface area contributed by atoms with Crippen molar-refractivity contribution in [1.82, 2.24) is 0 Å². The van der Waals surface area contributed by atoms with Gasteiger partial charge in [-0.1, -0.05) is 32.6 Å². The first-order valence-electron chi connectivity index (χ1n) is 8.58. The Hall–Kier alpha value is -0.596. The Morgan fingerprint density at radius 1 is 1.00 bits per heavy atom. The van der Waals surface area contributed by atoms with Crippen LogP contribution < -0.4 is 0 Å². The minimum atomic E-state index is -0.469. The summed E-state index contributed by atoms with van der Waals surface area (Å²) in [5, 5.41) is 0. The van der Waals surface area contributed by atoms with E-state index in [9.17, 15) is 8.78 Å². The van der Waals surface area contributed by atoms with Crippen LogP contribution in [0.1, 0.15) is 44.6 Å². The van der Waals surface area contributed by atoms with E-state index in [1.54, 1.807) is 24.3 Å². The van der Waals surface area contributed by atoms with Crippen LogP contribution >= 0.6 is 0 Å². The fourth-order valence-electron chi connectivity index (χ4n) is 3.59. The van der Waals surface area contributed by atoms with E-state index in [1.165, 1.54) is 37.8 Å². The Morgan fingerprint density at radius 3 is 2.17 bits per heavy atom. The van der Waals surface area contributed by atoms with Crippen molar-refractivity contribution in [1.29, 1.82) is 0 Å². The second-order valence-electron chi connectivity index (χ2n) is 6.89. The first-order chi connectivity index (χ1) is 11.1. The smallest absolute Gasteiger partial charge is 0.132 e. The minimum absolute atomic E-state index is 0. The van der Waals surface area contributed by atoms with Gasteiger partial charge in [-0.15, -0.1) is 5.56 Å². The summed E-state index contributed by atoms with van der Waals surface area (Å²) in [4.78, 5) is 0. The van der Waals surface area contributed by atoms with Crippen molar-refractivity contribution in [2.45, 2.75) is 45.4 Å². The van der Waals surface area contributed by atoms with Gasteiger partial charge in [-0.25, -0.2) is 8.78 Å². The molecule has 0 spiro atoms. The molecule has 24 heavy (non-hydrogen) atoms. The quantitative estimate of drug-likeness (QED) is 0.535. The van der Waals surface area contributed by atoms with Crippen LogP contribution in [-0.2, 0) is 39.1 Å². The predicted octanol–water partition coefficient (Wildman–Crippen LogP) is 6.19. The molecule has 2 aromatic rings. The predicted molar refractivity (Wildman–Crippen MR) is 90.1 cm³/mol. The topological polar surface area (TPSA) is 0 Å². The summed E-state index contributed by atoms with van der Waals surface area (Å²) in [5.74, 6) is 0.608. The number of hydrogen-bond donors (Lipinski definition) is 0. The molecule has 0 heterocycles. The Labute approximate surface area is 168 Å². The van der Waals surface area contributed by atoms with Crippen molar-refractivity contribution in [2.24, 2.45) is 11.8 Å². The maximum absolute atomic E-state index is 14.4. The van der Waals surface area contributed by atoms with E-state index >= 15 is 0 Å². The molecule has 2 aromatic carbocycles. The summed E-state index contributed by atoms with van der Waals surface area (Å²) in [6.07, 6.45) is 6.88. The Morgan fingerprint density at radius 2 is 1.58 bits per heavy atom. The van der Waals surface area contributed by atoms with Crippen molar-refractivity contribution < 1.29 is 41.5 Å². The van der Waals surface area contributed by atoms with Crippen molar-refractivity contribution in [3.05, 3.63) is 59.7 Å². The van der Waals surface area contributed by atoms with E-state index in [2.05, 4.69) is 13.0 Å². The van der Waals surface area contributed by atoms with E-state index in [0.29, 0.717) is 11.5 Å². The fraction of sp³-hybridized carbons (Fsp3) is 0.429. The van der Waals surface area contributed by atoms with Gasteiger partial charge in [0.25, 0.3) is 0 Å². The van der Waals surface area contributed by atoms with Crippen LogP contribution in [0.15, 0.2) is 36.4 Å². The van der Waals surface area contributed by atoms with Crippen molar-refractivity contribution in [3.8, 4) is 11.1 Å². The van der Waals surface area contributed by atoms with E-state index < -0.39 is 11.6 Å². The largest absolute Gasteiger partial charge is 0.206 e. The Bertz CT molecular complexity index is 623. The summed E-state index contributed by atoms with van der Waals surface area (Å²) in [7, 11) is 0. The van der Waals surface area contributed by atoms with Crippen LogP contribution in [0.2, 0.25) is 0 Å². The third-order valence-corrected chi connectivity index (χ3v) is 5.09. The maximum Gasteiger partial charge on any atom is 0.132 e. The number of halogens is 2. The SMILES string of the molecule is CC1CCC(CCc2cc(F)c(-c3cc[c-]cc3)c(F)c2)CC1.[Y]. The first-order valence-corrected chi connectivity index (χ1v) is 8.58. The summed E-state index contributed by atoms with van der Waals surface area (Å²) in [6, 6.07) is 12.6. The zero-order valence-corrected chi connectivity index (χ0v) is 17.0. The van der Waals surface area contributed by atoms with Crippen LogP contribution in [0, 0.1) is 29.5 Å². The minimum Gasteiger partial charge on any atom is -0.206 e. The standard InChI is InChI=1S/C21H23F2.Y/c1-15-7-9-16(10-8-15)11-12-17-13-19(22)21(20(23)14-17)18-5-3-2-4-6-18;/h3-6,13-16H,7-12H2,1H3;/q-1;. The third-order valence-electron chi connectivity index (χ3n) is 5.09. The van der Waals surface area contributed by atoms with Gasteiger partial charge in [-0.3, -0.25) is 0 Å². The van der Waals surface area contributed by atoms with Gasteiger partial charge in [0.1, 0.15) is 11.6 Å². The summed E-state index contributed by atoms with van der Waals surface area (Å²) in [5.41, 5.74) is 1.39. The van der Waals surface area contributed by atoms with Crippen LogP contribution in [0.3, 0.4) is 0 Å². The third kappa shape index (κ3) is 4.96. The molecule has 1 fully saturated rings. The molecular weight excluding hydrogens is 379 g/mol. The van der Waals surface area contributed by atoms with Gasteiger partial charge in [-0.2, -0.15) is 30.3 Å². The molecule has 0 aromatic heterocycles. The average Bonchev–Trinajstić information content (AvgIpc) is 2.55. The Balaban J connectivity index is 0.00000208. The van der Waals surface area contributed by atoms with E-state index in [4.69, 9.17) is 0 Å². The maximum atomic E-state index is 14.4. The van der Waals surface area contributed by atoms with Crippen LogP contribution in [0.5, 0.6) is 0 Å². The van der Waals surface area contributed by atoms with Crippen LogP contribution in [0.25, 0.3) is 11.1 Å². The van der Waals surface area contributed by atoms with Gasteiger partial charge in [-0.05, 0) is 42.4 Å². The molecule has 0 amide bonds. The fourth-order valence-corrected chi connectivity index (χ4v) is 3.59. The molecule has 3 rings (SSSR count). The molecule has 3 heteroatoms. The first kappa shape index (κ1) is 19.7. The molecule has 0 nitrogen and oxygen atoms in total. The normalized spacial score (nSPS) is 20.5. The number of rotatable bonds is 4. The summed E-state index contributed by atoms with van der Waals surface area (Å²) < 4.78 is 28.7. The van der Waals surface area contributed by atoms with Crippen molar-refractivity contribution in [3.63, 3.8) is 0 Å². The molecule has 125 valence electrons. The molecule has 0 unspecified atom stereocenters. The molecule has 0 atom stereocenters. The molecule has 0 saturated heterocycles. The van der Waals surface area contributed by atoms with Gasteiger partial charge < -0.3 is 0 Å². The Kier molecular flexibility index (Phi) is 7.56. The van der Waals surface area contributed by atoms with Gasteiger partial charge in [0.05, 0.1) is 0 Å². The van der Waals surface area contributed by atoms with Gasteiger partial charge in [0.15, 0.2) is 0 Å². The zero-order valence-electron chi connectivity index (χ0n) is 14.2. The molecule has 0 bridgehead atoms. The molecule has 1 saturated carbocycles. The molecular formula is C21H23F2Y-. The van der Waals surface area contributed by atoms with Crippen molar-refractivity contribution in [2.75, 3.05) is 0 Å². The second kappa shape index (κ2) is 9.20. The van der Waals surface area contributed by atoms with Gasteiger partial charge >= 0.3 is 0 Å². The number of hydrogen-bond acceptors (Lipinski definition) is 0. The molecule has 0 N–H and O–H groups in total. The molecule has 1 aliphatic carbocycles. The zero-order chi connectivity index (χ0) is 16.2.